The molecule has 0 aliphatic heterocycles. The highest BCUT2D eigenvalue weighted by molar-refractivity contribution is 5.71. The Kier molecular flexibility index (Phi) is 4.28. The van der Waals surface area contributed by atoms with Gasteiger partial charge >= 0.3 is 12.1 Å². The van der Waals surface area contributed by atoms with Gasteiger partial charge in [-0.05, 0) is 6.07 Å². The summed E-state index contributed by atoms with van der Waals surface area (Å²) in [4.78, 5) is 13.6. The topological polar surface area (TPSA) is 59.4 Å². The average Bonchev–Trinajstić information content (AvgIpc) is 2.26. The molecule has 9 heteroatoms. The second kappa shape index (κ2) is 5.37. The number of hydrogen-bond donors (Lipinski definition) is 1. The SMILES string of the molecule is COc1nc(C(F)(F)F)cc(C(F)F)c1CC(=O)O. The lowest BCUT2D eigenvalue weighted by molar-refractivity contribution is -0.141. The van der Waals surface area contributed by atoms with Crippen molar-refractivity contribution in [2.45, 2.75) is 19.0 Å². The van der Waals surface area contributed by atoms with E-state index in [9.17, 15) is 26.7 Å². The molecule has 0 aromatic carbocycles. The largest absolute Gasteiger partial charge is 0.481 e. The van der Waals surface area contributed by atoms with E-state index in [1.165, 1.54) is 0 Å². The Morgan fingerprint density at radius 2 is 2.05 bits per heavy atom. The summed E-state index contributed by atoms with van der Waals surface area (Å²) in [6.45, 7) is 0. The highest BCUT2D eigenvalue weighted by atomic mass is 19.4. The summed E-state index contributed by atoms with van der Waals surface area (Å²) in [5.41, 5.74) is -3.19. The van der Waals surface area contributed by atoms with E-state index in [-0.39, 0.29) is 6.07 Å². The fraction of sp³-hybridized carbons (Fsp3) is 0.400. The molecular weight excluding hydrogens is 277 g/mol. The number of pyridine rings is 1. The van der Waals surface area contributed by atoms with Gasteiger partial charge in [-0.1, -0.05) is 0 Å². The number of rotatable bonds is 4. The van der Waals surface area contributed by atoms with Crippen molar-refractivity contribution >= 4 is 5.97 Å². The van der Waals surface area contributed by atoms with E-state index in [0.717, 1.165) is 7.11 Å². The average molecular weight is 285 g/mol. The molecule has 0 amide bonds. The summed E-state index contributed by atoms with van der Waals surface area (Å²) in [5, 5.41) is 8.57. The normalized spacial score (nSPS) is 11.7. The van der Waals surface area contributed by atoms with Gasteiger partial charge in [0.1, 0.15) is 5.69 Å². The van der Waals surface area contributed by atoms with E-state index in [1.54, 1.807) is 0 Å². The summed E-state index contributed by atoms with van der Waals surface area (Å²) in [6, 6.07) is 0.130. The molecule has 0 atom stereocenters. The van der Waals surface area contributed by atoms with Gasteiger partial charge < -0.3 is 9.84 Å². The third-order valence-electron chi connectivity index (χ3n) is 2.17. The van der Waals surface area contributed by atoms with Gasteiger partial charge in [0.2, 0.25) is 5.88 Å². The molecule has 0 spiro atoms. The lowest BCUT2D eigenvalue weighted by Crippen LogP contribution is -2.14. The lowest BCUT2D eigenvalue weighted by Gasteiger charge is -2.15. The Labute approximate surface area is 103 Å². The van der Waals surface area contributed by atoms with Crippen LogP contribution in [0.5, 0.6) is 5.88 Å². The molecule has 19 heavy (non-hydrogen) atoms. The molecule has 0 fully saturated rings. The summed E-state index contributed by atoms with van der Waals surface area (Å²) < 4.78 is 67.3. The maximum absolute atomic E-state index is 12.7. The predicted molar refractivity (Wildman–Crippen MR) is 52.1 cm³/mol. The number of alkyl halides is 5. The third kappa shape index (κ3) is 3.52. The second-order valence-corrected chi connectivity index (χ2v) is 3.45. The van der Waals surface area contributed by atoms with Crippen LogP contribution in [0.3, 0.4) is 0 Å². The first kappa shape index (κ1) is 15.1. The summed E-state index contributed by atoms with van der Waals surface area (Å²) >= 11 is 0. The van der Waals surface area contributed by atoms with Crippen LogP contribution in [0, 0.1) is 0 Å². The first-order valence-corrected chi connectivity index (χ1v) is 4.81. The molecule has 0 radical (unpaired) electrons. The molecular formula is C10H8F5NO3. The van der Waals surface area contributed by atoms with Gasteiger partial charge in [-0.25, -0.2) is 13.8 Å². The molecule has 1 heterocycles. The molecule has 106 valence electrons. The molecule has 0 aliphatic carbocycles. The van der Waals surface area contributed by atoms with Gasteiger partial charge in [-0.3, -0.25) is 4.79 Å². The van der Waals surface area contributed by atoms with Crippen LogP contribution in [-0.2, 0) is 17.4 Å². The molecule has 1 N–H and O–H groups in total. The number of nitrogens with zero attached hydrogens (tertiary/aromatic N) is 1. The highest BCUT2D eigenvalue weighted by Gasteiger charge is 2.36. The van der Waals surface area contributed by atoms with Gasteiger partial charge in [0.05, 0.1) is 13.5 Å². The van der Waals surface area contributed by atoms with Crippen LogP contribution in [0.1, 0.15) is 23.2 Å². The van der Waals surface area contributed by atoms with E-state index in [4.69, 9.17) is 5.11 Å². The van der Waals surface area contributed by atoms with Crippen LogP contribution < -0.4 is 4.74 Å². The van der Waals surface area contributed by atoms with Gasteiger partial charge in [0, 0.05) is 11.1 Å². The minimum absolute atomic E-state index is 0.130. The van der Waals surface area contributed by atoms with Crippen molar-refractivity contribution in [2.24, 2.45) is 0 Å². The van der Waals surface area contributed by atoms with E-state index >= 15 is 0 Å². The Bertz CT molecular complexity index is 487. The highest BCUT2D eigenvalue weighted by Crippen LogP contribution is 2.36. The van der Waals surface area contributed by atoms with E-state index in [1.807, 2.05) is 0 Å². The molecule has 0 aliphatic rings. The Hall–Kier alpha value is -1.93. The fourth-order valence-electron chi connectivity index (χ4n) is 1.40. The smallest absolute Gasteiger partial charge is 0.433 e. The van der Waals surface area contributed by atoms with Crippen LogP contribution in [0.15, 0.2) is 6.07 Å². The quantitative estimate of drug-likeness (QED) is 0.864. The zero-order valence-corrected chi connectivity index (χ0v) is 9.46. The Morgan fingerprint density at radius 1 is 1.47 bits per heavy atom. The molecule has 4 nitrogen and oxygen atoms in total. The van der Waals surface area contributed by atoms with Crippen LogP contribution in [0.2, 0.25) is 0 Å². The van der Waals surface area contributed by atoms with Gasteiger partial charge in [-0.2, -0.15) is 13.2 Å². The van der Waals surface area contributed by atoms with Gasteiger partial charge in [0.25, 0.3) is 6.43 Å². The van der Waals surface area contributed by atoms with Gasteiger partial charge in [0.15, 0.2) is 0 Å². The number of carboxylic acid groups (broad SMARTS) is 1. The zero-order valence-electron chi connectivity index (χ0n) is 9.46. The summed E-state index contributed by atoms with van der Waals surface area (Å²) in [5.74, 6) is -2.26. The minimum Gasteiger partial charge on any atom is -0.481 e. The maximum atomic E-state index is 12.7. The number of hydrogen-bond acceptors (Lipinski definition) is 3. The van der Waals surface area contributed by atoms with Crippen LogP contribution >= 0.6 is 0 Å². The molecule has 0 unspecified atom stereocenters. The van der Waals surface area contributed by atoms with Crippen LogP contribution in [-0.4, -0.2) is 23.2 Å². The van der Waals surface area contributed by atoms with E-state index in [2.05, 4.69) is 9.72 Å². The number of aromatic nitrogens is 1. The zero-order chi connectivity index (χ0) is 14.8. The van der Waals surface area contributed by atoms with Crippen LogP contribution in [0.25, 0.3) is 0 Å². The number of carboxylic acids is 1. The minimum atomic E-state index is -4.93. The monoisotopic (exact) mass is 285 g/mol. The van der Waals surface area contributed by atoms with Crippen molar-refractivity contribution in [2.75, 3.05) is 7.11 Å². The first-order chi connectivity index (χ1) is 8.66. The maximum Gasteiger partial charge on any atom is 0.433 e. The second-order valence-electron chi connectivity index (χ2n) is 3.45. The number of ether oxygens (including phenoxy) is 1. The number of methoxy groups -OCH3 is 1. The summed E-state index contributed by atoms with van der Waals surface area (Å²) in [7, 11) is 0.920. The third-order valence-corrected chi connectivity index (χ3v) is 2.17. The van der Waals surface area contributed by atoms with E-state index < -0.39 is 47.7 Å². The number of carbonyl (C=O) groups is 1. The van der Waals surface area contributed by atoms with Gasteiger partial charge in [-0.15, -0.1) is 0 Å². The first-order valence-electron chi connectivity index (χ1n) is 4.81. The fourth-order valence-corrected chi connectivity index (χ4v) is 1.40. The van der Waals surface area contributed by atoms with Crippen molar-refractivity contribution in [1.29, 1.82) is 0 Å². The van der Waals surface area contributed by atoms with Crippen molar-refractivity contribution < 1.29 is 36.6 Å². The molecule has 0 saturated heterocycles. The van der Waals surface area contributed by atoms with Crippen molar-refractivity contribution in [3.63, 3.8) is 0 Å². The lowest BCUT2D eigenvalue weighted by atomic mass is 10.1. The number of halogens is 5. The number of aliphatic carboxylic acids is 1. The van der Waals surface area contributed by atoms with E-state index in [0.29, 0.717) is 0 Å². The predicted octanol–water partition coefficient (Wildman–Crippen LogP) is 2.67. The van der Waals surface area contributed by atoms with Crippen molar-refractivity contribution in [3.05, 3.63) is 22.9 Å². The Balaban J connectivity index is 3.49. The molecule has 1 aromatic heterocycles. The van der Waals surface area contributed by atoms with Crippen molar-refractivity contribution in [1.82, 2.24) is 4.98 Å². The molecule has 1 aromatic rings. The van der Waals surface area contributed by atoms with Crippen molar-refractivity contribution in [3.8, 4) is 5.88 Å². The molecule has 1 rings (SSSR count). The summed E-state index contributed by atoms with van der Waals surface area (Å²) in [6.07, 6.45) is -9.11. The van der Waals surface area contributed by atoms with Crippen LogP contribution in [0.4, 0.5) is 22.0 Å². The molecule has 0 saturated carbocycles. The Morgan fingerprint density at radius 3 is 2.42 bits per heavy atom. The standard InChI is InChI=1S/C10H8F5NO3/c1-19-9-5(3-7(17)18)4(8(11)12)2-6(16-9)10(13,14)15/h2,8H,3H2,1H3,(H,17,18). The molecule has 0 bridgehead atoms.